The molecule has 2 rings (SSSR count). The highest BCUT2D eigenvalue weighted by Gasteiger charge is 2.21. The predicted octanol–water partition coefficient (Wildman–Crippen LogP) is 1.91. The topological polar surface area (TPSA) is 23.6 Å². The minimum Gasteiger partial charge on any atom is -0.337 e. The first-order valence-electron chi connectivity index (χ1n) is 6.32. The number of benzene rings is 1. The molecule has 1 saturated heterocycles. The van der Waals surface area contributed by atoms with Gasteiger partial charge in [0.05, 0.1) is 5.56 Å². The lowest BCUT2D eigenvalue weighted by Crippen LogP contribution is -2.35. The Kier molecular flexibility index (Phi) is 3.97. The fourth-order valence-electron chi connectivity index (χ4n) is 2.22. The summed E-state index contributed by atoms with van der Waals surface area (Å²) in [5, 5.41) is 0. The molecule has 1 heterocycles. The van der Waals surface area contributed by atoms with Crippen LogP contribution in [0.3, 0.4) is 0 Å². The molecule has 0 aromatic heterocycles. The number of carbonyl (C=O) groups excluding carboxylic acids is 1. The Hall–Kier alpha value is -1.42. The van der Waals surface area contributed by atoms with Crippen molar-refractivity contribution in [3.8, 4) is 0 Å². The standard InChI is InChI=1S/C14H19FN2O/c1-11-4-5-13(15)12(10-11)14(18)17-7-3-6-16(2)8-9-17/h4-5,10H,3,6-9H2,1-2H3. The molecule has 18 heavy (non-hydrogen) atoms. The van der Waals surface area contributed by atoms with Crippen molar-refractivity contribution >= 4 is 5.91 Å². The van der Waals surface area contributed by atoms with Crippen LogP contribution in [0.2, 0.25) is 0 Å². The summed E-state index contributed by atoms with van der Waals surface area (Å²) in [5.41, 5.74) is 1.10. The molecule has 1 fully saturated rings. The molecule has 0 saturated carbocycles. The van der Waals surface area contributed by atoms with Gasteiger partial charge in [0.25, 0.3) is 5.91 Å². The summed E-state index contributed by atoms with van der Waals surface area (Å²) < 4.78 is 13.7. The summed E-state index contributed by atoms with van der Waals surface area (Å²) in [5.74, 6) is -0.616. The van der Waals surface area contributed by atoms with E-state index in [1.165, 1.54) is 6.07 Å². The molecule has 98 valence electrons. The second kappa shape index (κ2) is 5.48. The first kappa shape index (κ1) is 13.0. The van der Waals surface area contributed by atoms with E-state index in [9.17, 15) is 9.18 Å². The van der Waals surface area contributed by atoms with Gasteiger partial charge in [0.1, 0.15) is 5.82 Å². The number of carbonyl (C=O) groups is 1. The maximum absolute atomic E-state index is 13.7. The molecule has 0 atom stereocenters. The number of likely N-dealkylation sites (N-methyl/N-ethyl adjacent to an activating group) is 1. The molecule has 0 bridgehead atoms. The van der Waals surface area contributed by atoms with E-state index < -0.39 is 5.82 Å². The van der Waals surface area contributed by atoms with Gasteiger partial charge >= 0.3 is 0 Å². The van der Waals surface area contributed by atoms with E-state index in [1.807, 2.05) is 14.0 Å². The van der Waals surface area contributed by atoms with Crippen LogP contribution in [0.5, 0.6) is 0 Å². The third-order valence-corrected chi connectivity index (χ3v) is 3.36. The summed E-state index contributed by atoms with van der Waals surface area (Å²) in [6, 6.07) is 4.68. The van der Waals surface area contributed by atoms with Crippen LogP contribution in [0, 0.1) is 12.7 Å². The molecule has 1 aliphatic heterocycles. The first-order valence-corrected chi connectivity index (χ1v) is 6.32. The minimum atomic E-state index is -0.428. The lowest BCUT2D eigenvalue weighted by molar-refractivity contribution is 0.0758. The molecule has 0 radical (unpaired) electrons. The molecule has 1 aromatic rings. The van der Waals surface area contributed by atoms with E-state index in [1.54, 1.807) is 17.0 Å². The molecular formula is C14H19FN2O. The summed E-state index contributed by atoms with van der Waals surface area (Å²) in [6.07, 6.45) is 0.940. The van der Waals surface area contributed by atoms with Gasteiger partial charge in [-0.25, -0.2) is 4.39 Å². The number of amides is 1. The van der Waals surface area contributed by atoms with Gasteiger partial charge in [-0.15, -0.1) is 0 Å². The van der Waals surface area contributed by atoms with Crippen molar-refractivity contribution < 1.29 is 9.18 Å². The van der Waals surface area contributed by atoms with Crippen molar-refractivity contribution in [2.45, 2.75) is 13.3 Å². The molecule has 1 aliphatic rings. The Bertz CT molecular complexity index is 447. The van der Waals surface area contributed by atoms with Crippen LogP contribution < -0.4 is 0 Å². The molecule has 0 spiro atoms. The molecule has 1 amide bonds. The largest absolute Gasteiger partial charge is 0.337 e. The third-order valence-electron chi connectivity index (χ3n) is 3.36. The average molecular weight is 250 g/mol. The minimum absolute atomic E-state index is 0.188. The number of rotatable bonds is 1. The van der Waals surface area contributed by atoms with Gasteiger partial charge in [0, 0.05) is 19.6 Å². The van der Waals surface area contributed by atoms with Crippen LogP contribution in [-0.4, -0.2) is 48.9 Å². The quantitative estimate of drug-likeness (QED) is 0.760. The molecule has 0 aliphatic carbocycles. The fraction of sp³-hybridized carbons (Fsp3) is 0.500. The Morgan fingerprint density at radius 3 is 2.78 bits per heavy atom. The maximum Gasteiger partial charge on any atom is 0.256 e. The monoisotopic (exact) mass is 250 g/mol. The van der Waals surface area contributed by atoms with Crippen LogP contribution in [0.15, 0.2) is 18.2 Å². The van der Waals surface area contributed by atoms with Crippen molar-refractivity contribution in [3.05, 3.63) is 35.1 Å². The van der Waals surface area contributed by atoms with E-state index in [2.05, 4.69) is 4.90 Å². The smallest absolute Gasteiger partial charge is 0.256 e. The Morgan fingerprint density at radius 1 is 1.22 bits per heavy atom. The normalized spacial score (nSPS) is 17.6. The highest BCUT2D eigenvalue weighted by molar-refractivity contribution is 5.94. The van der Waals surface area contributed by atoms with E-state index >= 15 is 0 Å². The average Bonchev–Trinajstić information content (AvgIpc) is 2.56. The summed E-state index contributed by atoms with van der Waals surface area (Å²) in [7, 11) is 2.04. The second-order valence-corrected chi connectivity index (χ2v) is 4.93. The summed E-state index contributed by atoms with van der Waals surface area (Å²) >= 11 is 0. The van der Waals surface area contributed by atoms with E-state index in [0.717, 1.165) is 25.1 Å². The molecule has 4 heteroatoms. The Labute approximate surface area is 107 Å². The van der Waals surface area contributed by atoms with Gasteiger partial charge in [0.15, 0.2) is 0 Å². The predicted molar refractivity (Wildman–Crippen MR) is 69.2 cm³/mol. The lowest BCUT2D eigenvalue weighted by Gasteiger charge is -2.21. The number of nitrogens with zero attached hydrogens (tertiary/aromatic N) is 2. The second-order valence-electron chi connectivity index (χ2n) is 4.93. The molecular weight excluding hydrogens is 231 g/mol. The molecule has 0 N–H and O–H groups in total. The van der Waals surface area contributed by atoms with Crippen LogP contribution in [0.25, 0.3) is 0 Å². The molecule has 3 nitrogen and oxygen atoms in total. The zero-order valence-electron chi connectivity index (χ0n) is 10.9. The zero-order chi connectivity index (χ0) is 13.1. The fourth-order valence-corrected chi connectivity index (χ4v) is 2.22. The van der Waals surface area contributed by atoms with Gasteiger partial charge in [-0.3, -0.25) is 4.79 Å². The Morgan fingerprint density at radius 2 is 2.00 bits per heavy atom. The highest BCUT2D eigenvalue weighted by atomic mass is 19.1. The summed E-state index contributed by atoms with van der Waals surface area (Å²) in [4.78, 5) is 16.2. The Balaban J connectivity index is 2.17. The number of hydrogen-bond donors (Lipinski definition) is 0. The van der Waals surface area contributed by atoms with Crippen LogP contribution in [0.4, 0.5) is 4.39 Å². The van der Waals surface area contributed by atoms with Gasteiger partial charge in [-0.2, -0.15) is 0 Å². The van der Waals surface area contributed by atoms with Crippen LogP contribution >= 0.6 is 0 Å². The number of hydrogen-bond acceptors (Lipinski definition) is 2. The van der Waals surface area contributed by atoms with Crippen molar-refractivity contribution in [1.82, 2.24) is 9.80 Å². The van der Waals surface area contributed by atoms with Gasteiger partial charge in [-0.1, -0.05) is 11.6 Å². The third kappa shape index (κ3) is 2.88. The maximum atomic E-state index is 13.7. The van der Waals surface area contributed by atoms with E-state index in [0.29, 0.717) is 13.1 Å². The number of halogens is 1. The zero-order valence-corrected chi connectivity index (χ0v) is 10.9. The number of aryl methyl sites for hydroxylation is 1. The SMILES string of the molecule is Cc1ccc(F)c(C(=O)N2CCCN(C)CC2)c1. The molecule has 0 unspecified atom stereocenters. The van der Waals surface area contributed by atoms with Crippen molar-refractivity contribution in [2.24, 2.45) is 0 Å². The van der Waals surface area contributed by atoms with Crippen LogP contribution in [-0.2, 0) is 0 Å². The van der Waals surface area contributed by atoms with Gasteiger partial charge in [0.2, 0.25) is 0 Å². The molecule has 1 aromatic carbocycles. The first-order chi connectivity index (χ1) is 8.58. The van der Waals surface area contributed by atoms with Gasteiger partial charge < -0.3 is 9.80 Å². The van der Waals surface area contributed by atoms with Crippen molar-refractivity contribution in [3.63, 3.8) is 0 Å². The van der Waals surface area contributed by atoms with Gasteiger partial charge in [-0.05, 0) is 39.1 Å². The van der Waals surface area contributed by atoms with Crippen LogP contribution in [0.1, 0.15) is 22.3 Å². The lowest BCUT2D eigenvalue weighted by atomic mass is 10.1. The summed E-state index contributed by atoms with van der Waals surface area (Å²) in [6.45, 7) is 5.07. The van der Waals surface area contributed by atoms with E-state index in [4.69, 9.17) is 0 Å². The van der Waals surface area contributed by atoms with E-state index in [-0.39, 0.29) is 11.5 Å². The highest BCUT2D eigenvalue weighted by Crippen LogP contribution is 2.14. The van der Waals surface area contributed by atoms with Crippen molar-refractivity contribution in [2.75, 3.05) is 33.2 Å². The van der Waals surface area contributed by atoms with Crippen molar-refractivity contribution in [1.29, 1.82) is 0 Å².